The SMILES string of the molecule is C[C@@H]1C/C=C/C=C\CCCC[C@@H](O)C/C=C/C(=O)O1. The van der Waals surface area contributed by atoms with E-state index in [1.54, 1.807) is 6.08 Å². The first kappa shape index (κ1) is 15.7. The molecule has 0 aliphatic carbocycles. The van der Waals surface area contributed by atoms with Gasteiger partial charge in [-0.3, -0.25) is 0 Å². The number of carbonyl (C=O) groups is 1. The van der Waals surface area contributed by atoms with Gasteiger partial charge in [-0.05, 0) is 32.6 Å². The van der Waals surface area contributed by atoms with E-state index < -0.39 is 0 Å². The predicted molar refractivity (Wildman–Crippen MR) is 76.7 cm³/mol. The minimum atomic E-state index is -0.363. The molecule has 3 nitrogen and oxygen atoms in total. The Labute approximate surface area is 115 Å². The molecule has 0 aromatic carbocycles. The first-order valence-corrected chi connectivity index (χ1v) is 7.05. The lowest BCUT2D eigenvalue weighted by atomic mass is 10.1. The van der Waals surface area contributed by atoms with Gasteiger partial charge in [0.05, 0.1) is 6.10 Å². The zero-order valence-electron chi connectivity index (χ0n) is 11.6. The van der Waals surface area contributed by atoms with Crippen molar-refractivity contribution in [2.24, 2.45) is 0 Å². The number of hydrogen-bond acceptors (Lipinski definition) is 3. The standard InChI is InChI=1S/C16H24O3/c1-14-10-7-5-3-2-4-6-8-11-15(17)12-9-13-16(18)19-14/h2-3,5,7,9,13-15,17H,4,6,8,10-12H2,1H3/b3-2-,7-5+,13-9+/t14-,15-/m1/s1. The molecule has 3 heteroatoms. The third-order valence-corrected chi connectivity index (χ3v) is 2.99. The number of carbonyl (C=O) groups excluding carboxylic acids is 1. The van der Waals surface area contributed by atoms with E-state index in [1.165, 1.54) is 6.08 Å². The first-order chi connectivity index (χ1) is 9.18. The highest BCUT2D eigenvalue weighted by Gasteiger charge is 2.05. The van der Waals surface area contributed by atoms with Crippen molar-refractivity contribution < 1.29 is 14.6 Å². The van der Waals surface area contributed by atoms with Crippen LogP contribution in [0.15, 0.2) is 36.5 Å². The molecule has 0 saturated heterocycles. The second kappa shape index (κ2) is 9.56. The summed E-state index contributed by atoms with van der Waals surface area (Å²) in [6, 6.07) is 0. The van der Waals surface area contributed by atoms with Crippen LogP contribution in [-0.4, -0.2) is 23.3 Å². The van der Waals surface area contributed by atoms with E-state index in [9.17, 15) is 9.90 Å². The van der Waals surface area contributed by atoms with Gasteiger partial charge in [-0.1, -0.05) is 36.8 Å². The maximum atomic E-state index is 11.5. The van der Waals surface area contributed by atoms with Crippen LogP contribution in [0.1, 0.15) is 45.4 Å². The van der Waals surface area contributed by atoms with E-state index in [0.29, 0.717) is 12.8 Å². The third-order valence-electron chi connectivity index (χ3n) is 2.99. The van der Waals surface area contributed by atoms with Crippen molar-refractivity contribution in [2.45, 2.75) is 57.7 Å². The van der Waals surface area contributed by atoms with Crippen molar-refractivity contribution in [1.29, 1.82) is 0 Å². The van der Waals surface area contributed by atoms with Crippen LogP contribution in [-0.2, 0) is 9.53 Å². The molecule has 1 N–H and O–H groups in total. The van der Waals surface area contributed by atoms with E-state index in [1.807, 2.05) is 25.2 Å². The van der Waals surface area contributed by atoms with Gasteiger partial charge in [-0.15, -0.1) is 0 Å². The molecule has 1 rings (SSSR count). The molecule has 0 bridgehead atoms. The van der Waals surface area contributed by atoms with Gasteiger partial charge < -0.3 is 9.84 Å². The Morgan fingerprint density at radius 3 is 2.79 bits per heavy atom. The van der Waals surface area contributed by atoms with Gasteiger partial charge >= 0.3 is 5.97 Å². The van der Waals surface area contributed by atoms with Crippen LogP contribution in [0.2, 0.25) is 0 Å². The Bertz CT molecular complexity index is 342. The lowest BCUT2D eigenvalue weighted by Gasteiger charge is -2.09. The van der Waals surface area contributed by atoms with Crippen LogP contribution in [0.4, 0.5) is 0 Å². The van der Waals surface area contributed by atoms with E-state index in [4.69, 9.17) is 4.74 Å². The fourth-order valence-electron chi connectivity index (χ4n) is 1.89. The molecule has 0 aromatic heterocycles. The van der Waals surface area contributed by atoms with Crippen molar-refractivity contribution >= 4 is 5.97 Å². The number of cyclic esters (lactones) is 1. The molecule has 1 aliphatic heterocycles. The van der Waals surface area contributed by atoms with E-state index in [2.05, 4.69) is 6.08 Å². The fourth-order valence-corrected chi connectivity index (χ4v) is 1.89. The maximum Gasteiger partial charge on any atom is 0.330 e. The molecule has 0 radical (unpaired) electrons. The van der Waals surface area contributed by atoms with E-state index >= 15 is 0 Å². The van der Waals surface area contributed by atoms with Crippen molar-refractivity contribution in [3.05, 3.63) is 36.5 Å². The summed E-state index contributed by atoms with van der Waals surface area (Å²) in [4.78, 5) is 11.5. The Hall–Kier alpha value is -1.35. The predicted octanol–water partition coefficient (Wildman–Crippen LogP) is 3.30. The number of aliphatic hydroxyl groups excluding tert-OH is 1. The summed E-state index contributed by atoms with van der Waals surface area (Å²) in [5, 5.41) is 9.73. The molecule has 0 aromatic rings. The second-order valence-corrected chi connectivity index (χ2v) is 4.92. The first-order valence-electron chi connectivity index (χ1n) is 7.05. The van der Waals surface area contributed by atoms with Crippen LogP contribution in [0.5, 0.6) is 0 Å². The molecule has 106 valence electrons. The van der Waals surface area contributed by atoms with Gasteiger partial charge in [-0.2, -0.15) is 0 Å². The van der Waals surface area contributed by atoms with Crippen LogP contribution in [0, 0.1) is 0 Å². The van der Waals surface area contributed by atoms with E-state index in [0.717, 1.165) is 25.7 Å². The van der Waals surface area contributed by atoms with Crippen molar-refractivity contribution in [3.63, 3.8) is 0 Å². The number of ether oxygens (including phenoxy) is 1. The van der Waals surface area contributed by atoms with Gasteiger partial charge in [0, 0.05) is 12.5 Å². The zero-order chi connectivity index (χ0) is 13.9. The third kappa shape index (κ3) is 8.38. The summed E-state index contributed by atoms with van der Waals surface area (Å²) in [5.74, 6) is -0.337. The average Bonchev–Trinajstić information content (AvgIpc) is 2.35. The van der Waals surface area contributed by atoms with Gasteiger partial charge in [0.2, 0.25) is 0 Å². The summed E-state index contributed by atoms with van der Waals surface area (Å²) in [7, 11) is 0. The van der Waals surface area contributed by atoms with Gasteiger partial charge in [0.25, 0.3) is 0 Å². The Morgan fingerprint density at radius 2 is 1.95 bits per heavy atom. The maximum absolute atomic E-state index is 11.5. The summed E-state index contributed by atoms with van der Waals surface area (Å²) < 4.78 is 5.20. The average molecular weight is 264 g/mol. The topological polar surface area (TPSA) is 46.5 Å². The molecule has 0 spiro atoms. The summed E-state index contributed by atoms with van der Waals surface area (Å²) in [6.45, 7) is 1.87. The minimum Gasteiger partial charge on any atom is -0.459 e. The highest BCUT2D eigenvalue weighted by atomic mass is 16.5. The zero-order valence-corrected chi connectivity index (χ0v) is 11.6. The molecule has 2 atom stereocenters. The summed E-state index contributed by atoms with van der Waals surface area (Å²) >= 11 is 0. The van der Waals surface area contributed by atoms with Crippen LogP contribution in [0.25, 0.3) is 0 Å². The van der Waals surface area contributed by atoms with Crippen LogP contribution in [0.3, 0.4) is 0 Å². The van der Waals surface area contributed by atoms with E-state index in [-0.39, 0.29) is 18.2 Å². The van der Waals surface area contributed by atoms with Gasteiger partial charge in [0.15, 0.2) is 0 Å². The molecule has 0 unspecified atom stereocenters. The van der Waals surface area contributed by atoms with Crippen molar-refractivity contribution in [2.75, 3.05) is 0 Å². The lowest BCUT2D eigenvalue weighted by Crippen LogP contribution is -2.12. The largest absolute Gasteiger partial charge is 0.459 e. The fraction of sp³-hybridized carbons (Fsp3) is 0.562. The number of esters is 1. The van der Waals surface area contributed by atoms with Gasteiger partial charge in [-0.25, -0.2) is 4.79 Å². The highest BCUT2D eigenvalue weighted by molar-refractivity contribution is 5.82. The number of aliphatic hydroxyl groups is 1. The lowest BCUT2D eigenvalue weighted by molar-refractivity contribution is -0.141. The summed E-state index contributed by atoms with van der Waals surface area (Å²) in [5.41, 5.74) is 0. The van der Waals surface area contributed by atoms with Gasteiger partial charge in [0.1, 0.15) is 6.10 Å². The molecule has 0 amide bonds. The number of allylic oxidation sites excluding steroid dienone is 3. The van der Waals surface area contributed by atoms with Crippen LogP contribution < -0.4 is 0 Å². The monoisotopic (exact) mass is 264 g/mol. The Balaban J connectivity index is 2.52. The molecule has 0 saturated carbocycles. The molecule has 1 heterocycles. The Kier molecular flexibility index (Phi) is 7.91. The smallest absolute Gasteiger partial charge is 0.330 e. The van der Waals surface area contributed by atoms with Crippen LogP contribution >= 0.6 is 0 Å². The molecular weight excluding hydrogens is 240 g/mol. The number of hydrogen-bond donors (Lipinski definition) is 1. The quantitative estimate of drug-likeness (QED) is 0.683. The Morgan fingerprint density at radius 1 is 1.16 bits per heavy atom. The highest BCUT2D eigenvalue weighted by Crippen LogP contribution is 2.08. The molecule has 1 aliphatic rings. The second-order valence-electron chi connectivity index (χ2n) is 4.92. The summed E-state index contributed by atoms with van der Waals surface area (Å²) in [6.07, 6.45) is 15.9. The molecule has 19 heavy (non-hydrogen) atoms. The van der Waals surface area contributed by atoms with Crippen molar-refractivity contribution in [3.8, 4) is 0 Å². The molecular formula is C16H24O3. The minimum absolute atomic E-state index is 0.125. The normalized spacial score (nSPS) is 32.2. The van der Waals surface area contributed by atoms with Crippen molar-refractivity contribution in [1.82, 2.24) is 0 Å². The number of rotatable bonds is 0. The molecule has 0 fully saturated rings.